The summed E-state index contributed by atoms with van der Waals surface area (Å²) in [6.45, 7) is 4.06. The molecule has 0 atom stereocenters. The quantitative estimate of drug-likeness (QED) is 0.874. The highest BCUT2D eigenvalue weighted by Gasteiger charge is 2.13. The lowest BCUT2D eigenvalue weighted by molar-refractivity contribution is 0.1000. The lowest BCUT2D eigenvalue weighted by Gasteiger charge is -2.15. The van der Waals surface area contributed by atoms with Gasteiger partial charge in [0.25, 0.3) is 0 Å². The van der Waals surface area contributed by atoms with Crippen molar-refractivity contribution in [1.82, 2.24) is 0 Å². The first kappa shape index (κ1) is 15.5. The van der Waals surface area contributed by atoms with Gasteiger partial charge in [0.1, 0.15) is 5.75 Å². The van der Waals surface area contributed by atoms with Crippen molar-refractivity contribution in [1.29, 1.82) is 0 Å². The smallest absolute Gasteiger partial charge is 0.248 e. The number of primary amides is 1. The van der Waals surface area contributed by atoms with Crippen LogP contribution in [0, 0.1) is 5.82 Å². The maximum Gasteiger partial charge on any atom is 0.248 e. The number of carbonyl (C=O) groups excluding carboxylic acids is 1. The Morgan fingerprint density at radius 3 is 2.43 bits per heavy atom. The minimum atomic E-state index is -0.674. The molecule has 0 radical (unpaired) electrons. The first-order chi connectivity index (χ1) is 9.88. The second-order valence-electron chi connectivity index (χ2n) is 4.95. The molecular weight excluding hydrogens is 337 g/mol. The lowest BCUT2D eigenvalue weighted by Crippen LogP contribution is -2.11. The number of ether oxygens (including phenoxy) is 1. The van der Waals surface area contributed by atoms with Gasteiger partial charge >= 0.3 is 0 Å². The Bertz CT molecular complexity index is 686. The Labute approximate surface area is 131 Å². The summed E-state index contributed by atoms with van der Waals surface area (Å²) in [7, 11) is 0. The second kappa shape index (κ2) is 6.26. The standard InChI is InChI=1S/C16H15BrFNO2/c1-9(2)12-8-11(17)4-6-14(12)21-15-5-3-10(16(19)20)7-13(15)18/h3-9H,1-2H3,(H2,19,20). The van der Waals surface area contributed by atoms with Crippen LogP contribution in [0.1, 0.15) is 35.7 Å². The van der Waals surface area contributed by atoms with Crippen molar-refractivity contribution >= 4 is 21.8 Å². The van der Waals surface area contributed by atoms with E-state index in [4.69, 9.17) is 10.5 Å². The van der Waals surface area contributed by atoms with E-state index >= 15 is 0 Å². The number of benzene rings is 2. The van der Waals surface area contributed by atoms with E-state index in [1.54, 1.807) is 6.07 Å². The van der Waals surface area contributed by atoms with Gasteiger partial charge in [-0.2, -0.15) is 0 Å². The Morgan fingerprint density at radius 1 is 1.19 bits per heavy atom. The van der Waals surface area contributed by atoms with Crippen LogP contribution in [0.15, 0.2) is 40.9 Å². The van der Waals surface area contributed by atoms with Crippen molar-refractivity contribution in [3.05, 3.63) is 57.8 Å². The van der Waals surface area contributed by atoms with E-state index in [1.807, 2.05) is 26.0 Å². The maximum atomic E-state index is 14.0. The van der Waals surface area contributed by atoms with Crippen LogP contribution in [0.5, 0.6) is 11.5 Å². The Balaban J connectivity index is 2.36. The minimum Gasteiger partial charge on any atom is -0.454 e. The van der Waals surface area contributed by atoms with Crippen LogP contribution < -0.4 is 10.5 Å². The third kappa shape index (κ3) is 3.61. The minimum absolute atomic E-state index is 0.0595. The molecule has 2 N–H and O–H groups in total. The fourth-order valence-electron chi connectivity index (χ4n) is 1.92. The van der Waals surface area contributed by atoms with Crippen LogP contribution in [0.2, 0.25) is 0 Å². The molecular formula is C16H15BrFNO2. The molecule has 5 heteroatoms. The van der Waals surface area contributed by atoms with E-state index in [9.17, 15) is 9.18 Å². The average molecular weight is 352 g/mol. The lowest BCUT2D eigenvalue weighted by atomic mass is 10.0. The van der Waals surface area contributed by atoms with E-state index in [0.717, 1.165) is 16.1 Å². The molecule has 0 bridgehead atoms. The number of carbonyl (C=O) groups is 1. The van der Waals surface area contributed by atoms with Crippen LogP contribution in [-0.4, -0.2) is 5.91 Å². The number of halogens is 2. The molecule has 0 aliphatic carbocycles. The molecule has 3 nitrogen and oxygen atoms in total. The summed E-state index contributed by atoms with van der Waals surface area (Å²) < 4.78 is 20.5. The average Bonchev–Trinajstić information content (AvgIpc) is 2.42. The molecule has 0 heterocycles. The zero-order chi connectivity index (χ0) is 15.6. The monoisotopic (exact) mass is 351 g/mol. The summed E-state index contributed by atoms with van der Waals surface area (Å²) in [5, 5.41) is 0. The van der Waals surface area contributed by atoms with E-state index < -0.39 is 11.7 Å². The van der Waals surface area contributed by atoms with E-state index in [2.05, 4.69) is 15.9 Å². The maximum absolute atomic E-state index is 14.0. The summed E-state index contributed by atoms with van der Waals surface area (Å²) >= 11 is 3.41. The van der Waals surface area contributed by atoms with E-state index in [1.165, 1.54) is 12.1 Å². The van der Waals surface area contributed by atoms with Gasteiger partial charge < -0.3 is 10.5 Å². The van der Waals surface area contributed by atoms with Gasteiger partial charge in [-0.15, -0.1) is 0 Å². The molecule has 21 heavy (non-hydrogen) atoms. The molecule has 0 fully saturated rings. The van der Waals surface area contributed by atoms with Crippen molar-refractivity contribution in [2.24, 2.45) is 5.73 Å². The molecule has 2 aromatic rings. The van der Waals surface area contributed by atoms with Crippen molar-refractivity contribution in [3.63, 3.8) is 0 Å². The molecule has 0 aliphatic heterocycles. The predicted octanol–water partition coefficient (Wildman–Crippen LogP) is 4.60. The van der Waals surface area contributed by atoms with Crippen molar-refractivity contribution in [2.75, 3.05) is 0 Å². The van der Waals surface area contributed by atoms with E-state index in [-0.39, 0.29) is 17.2 Å². The Hall–Kier alpha value is -1.88. The first-order valence-corrected chi connectivity index (χ1v) is 7.24. The van der Waals surface area contributed by atoms with Crippen LogP contribution in [-0.2, 0) is 0 Å². The van der Waals surface area contributed by atoms with Gasteiger partial charge in [-0.3, -0.25) is 4.79 Å². The highest BCUT2D eigenvalue weighted by molar-refractivity contribution is 9.10. The highest BCUT2D eigenvalue weighted by atomic mass is 79.9. The van der Waals surface area contributed by atoms with Gasteiger partial charge in [-0.25, -0.2) is 4.39 Å². The molecule has 2 rings (SSSR count). The highest BCUT2D eigenvalue weighted by Crippen LogP contribution is 2.33. The summed E-state index contributed by atoms with van der Waals surface area (Å²) in [5.74, 6) is -0.426. The zero-order valence-corrected chi connectivity index (χ0v) is 13.3. The molecule has 0 spiro atoms. The van der Waals surface area contributed by atoms with Crippen molar-refractivity contribution in [2.45, 2.75) is 19.8 Å². The van der Waals surface area contributed by atoms with Gasteiger partial charge in [-0.05, 0) is 47.9 Å². The number of hydrogen-bond donors (Lipinski definition) is 1. The molecule has 0 saturated heterocycles. The van der Waals surface area contributed by atoms with Gasteiger partial charge in [0.2, 0.25) is 5.91 Å². The Morgan fingerprint density at radius 2 is 1.86 bits per heavy atom. The molecule has 110 valence electrons. The zero-order valence-electron chi connectivity index (χ0n) is 11.7. The fourth-order valence-corrected chi connectivity index (χ4v) is 2.30. The third-order valence-electron chi connectivity index (χ3n) is 3.03. The first-order valence-electron chi connectivity index (χ1n) is 6.45. The topological polar surface area (TPSA) is 52.3 Å². The van der Waals surface area contributed by atoms with Gasteiger partial charge in [-0.1, -0.05) is 29.8 Å². The largest absolute Gasteiger partial charge is 0.454 e. The molecule has 1 amide bonds. The number of hydrogen-bond acceptors (Lipinski definition) is 2. The molecule has 2 aromatic carbocycles. The fraction of sp³-hybridized carbons (Fsp3) is 0.188. The normalized spacial score (nSPS) is 10.7. The van der Waals surface area contributed by atoms with Crippen LogP contribution in [0.25, 0.3) is 0 Å². The number of nitrogens with two attached hydrogens (primary N) is 1. The van der Waals surface area contributed by atoms with Crippen LogP contribution >= 0.6 is 15.9 Å². The third-order valence-corrected chi connectivity index (χ3v) is 3.52. The van der Waals surface area contributed by atoms with Gasteiger partial charge in [0.15, 0.2) is 11.6 Å². The molecule has 0 aromatic heterocycles. The predicted molar refractivity (Wildman–Crippen MR) is 83.2 cm³/mol. The van der Waals surface area contributed by atoms with Crippen molar-refractivity contribution < 1.29 is 13.9 Å². The molecule has 0 saturated carbocycles. The summed E-state index contributed by atoms with van der Waals surface area (Å²) in [6.07, 6.45) is 0. The number of rotatable bonds is 4. The number of amides is 1. The summed E-state index contributed by atoms with van der Waals surface area (Å²) in [5.41, 5.74) is 6.19. The van der Waals surface area contributed by atoms with Crippen molar-refractivity contribution in [3.8, 4) is 11.5 Å². The summed E-state index contributed by atoms with van der Waals surface area (Å²) in [4.78, 5) is 11.0. The Kier molecular flexibility index (Phi) is 4.63. The van der Waals surface area contributed by atoms with Crippen LogP contribution in [0.3, 0.4) is 0 Å². The molecule has 0 unspecified atom stereocenters. The SMILES string of the molecule is CC(C)c1cc(Br)ccc1Oc1ccc(C(N)=O)cc1F. The summed E-state index contributed by atoms with van der Waals surface area (Å²) in [6, 6.07) is 9.47. The van der Waals surface area contributed by atoms with Gasteiger partial charge in [0.05, 0.1) is 0 Å². The van der Waals surface area contributed by atoms with Crippen LogP contribution in [0.4, 0.5) is 4.39 Å². The second-order valence-corrected chi connectivity index (χ2v) is 5.86. The van der Waals surface area contributed by atoms with Gasteiger partial charge in [0, 0.05) is 10.0 Å². The van der Waals surface area contributed by atoms with E-state index in [0.29, 0.717) is 5.75 Å². The molecule has 0 aliphatic rings.